The van der Waals surface area contributed by atoms with E-state index in [-0.39, 0.29) is 25.8 Å². The van der Waals surface area contributed by atoms with Crippen LogP contribution in [0.1, 0.15) is 156 Å². The van der Waals surface area contributed by atoms with Gasteiger partial charge in [-0.1, -0.05) is 117 Å². The molecule has 0 heterocycles. The van der Waals surface area contributed by atoms with Gasteiger partial charge in [-0.2, -0.15) is 0 Å². The molecule has 234 valence electrons. The molecule has 0 spiro atoms. The van der Waals surface area contributed by atoms with Crippen LogP contribution in [-0.4, -0.2) is 57.3 Å². The van der Waals surface area contributed by atoms with E-state index in [9.17, 15) is 29.7 Å². The molecule has 0 aromatic heterocycles. The Kier molecular flexibility index (Phi) is 22.7. The lowest BCUT2D eigenvalue weighted by Gasteiger charge is -2.51. The Morgan fingerprint density at radius 3 is 1.25 bits per heavy atom. The zero-order valence-electron chi connectivity index (χ0n) is 26.2. The van der Waals surface area contributed by atoms with Gasteiger partial charge in [-0.05, 0) is 32.1 Å². The van der Waals surface area contributed by atoms with Gasteiger partial charge in [0.25, 0.3) is 0 Å². The summed E-state index contributed by atoms with van der Waals surface area (Å²) in [5, 5.41) is 32.1. The maximum Gasteiger partial charge on any atom is 0.362 e. The molecule has 0 aromatic carbocycles. The summed E-state index contributed by atoms with van der Waals surface area (Å²) in [6.45, 7) is 7.50. The fourth-order valence-corrected chi connectivity index (χ4v) is 6.41. The highest BCUT2D eigenvalue weighted by molar-refractivity contribution is 5.77. The molecule has 0 saturated carbocycles. The van der Waals surface area contributed by atoms with Crippen molar-refractivity contribution in [1.29, 1.82) is 0 Å². The van der Waals surface area contributed by atoms with Crippen LogP contribution < -0.4 is 5.11 Å². The highest BCUT2D eigenvalue weighted by atomic mass is 16.4. The molecule has 2 N–H and O–H groups in total. The molecule has 0 rings (SSSR count). The van der Waals surface area contributed by atoms with Crippen LogP contribution in [0.4, 0.5) is 0 Å². The molecule has 0 aliphatic carbocycles. The molecule has 0 aliphatic rings. The van der Waals surface area contributed by atoms with Crippen LogP contribution in [-0.2, 0) is 14.4 Å². The zero-order valence-corrected chi connectivity index (χ0v) is 26.2. The lowest BCUT2D eigenvalue weighted by Crippen LogP contribution is -2.73. The zero-order chi connectivity index (χ0) is 30.2. The topological polar surface area (TPSA) is 115 Å². The summed E-state index contributed by atoms with van der Waals surface area (Å²) >= 11 is 0. The second kappa shape index (κ2) is 23.8. The van der Waals surface area contributed by atoms with Gasteiger partial charge in [0.05, 0.1) is 12.5 Å². The third-order valence-corrected chi connectivity index (χ3v) is 8.55. The normalized spacial score (nSPS) is 15.5. The first-order chi connectivity index (χ1) is 19.2. The summed E-state index contributed by atoms with van der Waals surface area (Å²) in [5.41, 5.74) is 0. The van der Waals surface area contributed by atoms with Gasteiger partial charge in [0, 0.05) is 19.3 Å². The van der Waals surface area contributed by atoms with Crippen molar-refractivity contribution in [3.8, 4) is 0 Å². The Balaban J connectivity index is 4.48. The summed E-state index contributed by atoms with van der Waals surface area (Å²) in [6.07, 6.45) is 25.2. The number of carbonyl (C=O) groups excluding carboxylic acids is 1. The van der Waals surface area contributed by atoms with Crippen LogP contribution in [0.5, 0.6) is 0 Å². The Bertz CT molecular complexity index is 652. The molecular weight excluding hydrogens is 506 g/mol. The highest BCUT2D eigenvalue weighted by Gasteiger charge is 2.53. The van der Waals surface area contributed by atoms with Crippen LogP contribution >= 0.6 is 0 Å². The summed E-state index contributed by atoms with van der Waals surface area (Å²) in [6, 6.07) is -3.37. The van der Waals surface area contributed by atoms with Crippen molar-refractivity contribution in [2.24, 2.45) is 0 Å². The number of carboxylic acids is 3. The van der Waals surface area contributed by atoms with Gasteiger partial charge in [0.1, 0.15) is 6.04 Å². The number of nitrogens with zero attached hydrogens (tertiary/aromatic N) is 1. The Hall–Kier alpha value is -1.89. The maximum atomic E-state index is 12.2. The van der Waals surface area contributed by atoms with E-state index in [4.69, 9.17) is 0 Å². The first kappa shape index (κ1) is 38.1. The molecular formula is C33H61NO6. The third kappa shape index (κ3) is 14.1. The largest absolute Gasteiger partial charge is 0.544 e. The number of quaternary nitrogens is 1. The smallest absolute Gasteiger partial charge is 0.362 e. The van der Waals surface area contributed by atoms with Crippen LogP contribution in [0.15, 0.2) is 12.2 Å². The molecule has 0 bridgehead atoms. The molecule has 3 unspecified atom stereocenters. The number of hydrogen-bond donors (Lipinski definition) is 2. The summed E-state index contributed by atoms with van der Waals surface area (Å²) in [5.74, 6) is -3.65. The van der Waals surface area contributed by atoms with Crippen molar-refractivity contribution < 1.29 is 34.2 Å². The predicted molar refractivity (Wildman–Crippen MR) is 161 cm³/mol. The fourth-order valence-electron chi connectivity index (χ4n) is 6.41. The van der Waals surface area contributed by atoms with Crippen LogP contribution in [0.2, 0.25) is 0 Å². The first-order valence-corrected chi connectivity index (χ1v) is 16.4. The molecule has 3 atom stereocenters. The van der Waals surface area contributed by atoms with Crippen LogP contribution in [0.25, 0.3) is 0 Å². The van der Waals surface area contributed by atoms with Crippen molar-refractivity contribution in [2.45, 2.75) is 174 Å². The second-order valence-corrected chi connectivity index (χ2v) is 11.5. The van der Waals surface area contributed by atoms with Gasteiger partial charge < -0.3 is 20.1 Å². The van der Waals surface area contributed by atoms with E-state index < -0.39 is 40.5 Å². The summed E-state index contributed by atoms with van der Waals surface area (Å²) in [7, 11) is 0. The monoisotopic (exact) mass is 567 g/mol. The average molecular weight is 568 g/mol. The van der Waals surface area contributed by atoms with Crippen LogP contribution in [0, 0.1) is 0 Å². The quantitative estimate of drug-likeness (QED) is 0.0584. The minimum absolute atomic E-state index is 0.131. The predicted octanol–water partition coefficient (Wildman–Crippen LogP) is 7.27. The minimum Gasteiger partial charge on any atom is -0.544 e. The molecule has 0 amide bonds. The van der Waals surface area contributed by atoms with Crippen molar-refractivity contribution in [1.82, 2.24) is 0 Å². The van der Waals surface area contributed by atoms with E-state index in [1.807, 2.05) is 0 Å². The van der Waals surface area contributed by atoms with E-state index >= 15 is 0 Å². The van der Waals surface area contributed by atoms with E-state index in [2.05, 4.69) is 19.1 Å². The number of unbranched alkanes of at least 4 members (excludes halogenated alkanes) is 15. The van der Waals surface area contributed by atoms with Crippen molar-refractivity contribution in [2.75, 3.05) is 6.54 Å². The number of hydrogen-bond acceptors (Lipinski definition) is 4. The Morgan fingerprint density at radius 1 is 0.575 bits per heavy atom. The van der Waals surface area contributed by atoms with Crippen molar-refractivity contribution in [3.05, 3.63) is 12.2 Å². The van der Waals surface area contributed by atoms with E-state index in [1.165, 1.54) is 83.5 Å². The Labute approximate surface area is 245 Å². The van der Waals surface area contributed by atoms with E-state index in [0.29, 0.717) is 6.42 Å². The van der Waals surface area contributed by atoms with Gasteiger partial charge in [0.2, 0.25) is 0 Å². The molecule has 0 saturated heterocycles. The molecule has 0 radical (unpaired) electrons. The molecule has 7 heteroatoms. The lowest BCUT2D eigenvalue weighted by atomic mass is 9.93. The SMILES string of the molecule is CCCC/C=C/CCCCCCCCCCCCCCC[N+](C(CC)C(=O)[O-])(C(CC)C(=O)O)C(CC)C(=O)O. The van der Waals surface area contributed by atoms with E-state index in [0.717, 1.165) is 19.3 Å². The lowest BCUT2D eigenvalue weighted by molar-refractivity contribution is -0.974. The average Bonchev–Trinajstić information content (AvgIpc) is 2.90. The highest BCUT2D eigenvalue weighted by Crippen LogP contribution is 2.32. The number of carboxylic acid groups (broad SMARTS) is 3. The number of aliphatic carboxylic acids is 3. The van der Waals surface area contributed by atoms with Crippen molar-refractivity contribution in [3.63, 3.8) is 0 Å². The van der Waals surface area contributed by atoms with Gasteiger partial charge in [-0.3, -0.25) is 4.48 Å². The Morgan fingerprint density at radius 2 is 0.925 bits per heavy atom. The minimum atomic E-state index is -1.36. The summed E-state index contributed by atoms with van der Waals surface area (Å²) in [4.78, 5) is 36.6. The van der Waals surface area contributed by atoms with Crippen molar-refractivity contribution >= 4 is 17.9 Å². The standard InChI is InChI=1S/C33H61NO6/c1-5-9-10-11-12-13-14-15-16-17-18-19-20-21-22-23-24-25-26-27-34(28(6-2)31(35)36,29(7-3)32(37)38)30(8-4)33(39)40/h11-12,28-30H,5-10,13-27H2,1-4H3,(H2-,35,36,37,38,39,40)/b12-11+. The van der Waals surface area contributed by atoms with Gasteiger partial charge in [-0.15, -0.1) is 0 Å². The summed E-state index contributed by atoms with van der Waals surface area (Å²) < 4.78 is -0.466. The van der Waals surface area contributed by atoms with Gasteiger partial charge >= 0.3 is 11.9 Å². The fraction of sp³-hybridized carbons (Fsp3) is 0.848. The first-order valence-electron chi connectivity index (χ1n) is 16.4. The van der Waals surface area contributed by atoms with Gasteiger partial charge in [0.15, 0.2) is 12.1 Å². The molecule has 0 aliphatic heterocycles. The van der Waals surface area contributed by atoms with E-state index in [1.54, 1.807) is 20.8 Å². The van der Waals surface area contributed by atoms with Crippen LogP contribution in [0.3, 0.4) is 0 Å². The molecule has 0 fully saturated rings. The second-order valence-electron chi connectivity index (χ2n) is 11.5. The molecule has 40 heavy (non-hydrogen) atoms. The maximum absolute atomic E-state index is 12.2. The van der Waals surface area contributed by atoms with Gasteiger partial charge in [-0.25, -0.2) is 9.59 Å². The molecule has 0 aromatic rings. The number of allylic oxidation sites excluding steroid dienone is 2. The molecule has 7 nitrogen and oxygen atoms in total. The number of rotatable bonds is 28. The number of carbonyl (C=O) groups is 3. The third-order valence-electron chi connectivity index (χ3n) is 8.55.